The maximum Gasteiger partial charge on any atom is 0.255 e. The van der Waals surface area contributed by atoms with Gasteiger partial charge in [0, 0.05) is 35.8 Å². The number of amides is 1. The number of ketones is 1. The summed E-state index contributed by atoms with van der Waals surface area (Å²) in [5, 5.41) is 2.83. The second kappa shape index (κ2) is 10.1. The maximum absolute atomic E-state index is 12.6. The van der Waals surface area contributed by atoms with Crippen LogP contribution in [-0.2, 0) is 16.6 Å². The fourth-order valence-electron chi connectivity index (χ4n) is 3.35. The molecule has 0 saturated heterocycles. The van der Waals surface area contributed by atoms with Crippen LogP contribution in [0.4, 0.5) is 5.69 Å². The predicted octanol–water partition coefficient (Wildman–Crippen LogP) is 3.78. The first-order valence-electron chi connectivity index (χ1n) is 10.7. The minimum absolute atomic E-state index is 0.0564. The number of benzene rings is 3. The summed E-state index contributed by atoms with van der Waals surface area (Å²) in [5.41, 5.74) is 2.15. The van der Waals surface area contributed by atoms with E-state index in [0.717, 1.165) is 6.42 Å². The highest BCUT2D eigenvalue weighted by Crippen LogP contribution is 2.32. The first-order chi connectivity index (χ1) is 16.3. The van der Waals surface area contributed by atoms with Gasteiger partial charge in [0.25, 0.3) is 5.91 Å². The molecule has 3 aromatic carbocycles. The van der Waals surface area contributed by atoms with Crippen molar-refractivity contribution in [3.05, 3.63) is 83.4 Å². The molecule has 0 spiro atoms. The van der Waals surface area contributed by atoms with E-state index in [1.807, 2.05) is 0 Å². The summed E-state index contributed by atoms with van der Waals surface area (Å²) in [6.07, 6.45) is 0.797. The number of carbonyl (C=O) groups excluding carboxylic acids is 2. The van der Waals surface area contributed by atoms with Crippen molar-refractivity contribution >= 4 is 27.4 Å². The lowest BCUT2D eigenvalue weighted by molar-refractivity contribution is 0.101. The van der Waals surface area contributed by atoms with Crippen molar-refractivity contribution in [2.24, 2.45) is 0 Å². The molecule has 0 radical (unpaired) electrons. The molecule has 1 aliphatic heterocycles. The largest absolute Gasteiger partial charge is 0.490 e. The minimum atomic E-state index is -3.74. The number of sulfonamides is 1. The van der Waals surface area contributed by atoms with Gasteiger partial charge in [-0.05, 0) is 48.9 Å². The number of fused-ring (bicyclic) bond motifs is 1. The zero-order valence-corrected chi connectivity index (χ0v) is 19.4. The third-order valence-corrected chi connectivity index (χ3v) is 6.68. The van der Waals surface area contributed by atoms with E-state index in [9.17, 15) is 18.0 Å². The number of anilines is 1. The summed E-state index contributed by atoms with van der Waals surface area (Å²) in [6.45, 7) is 2.62. The zero-order chi connectivity index (χ0) is 24.1. The number of Topliss-reactive ketones (excluding diaryl/α,β-unsaturated/α-hetero) is 1. The quantitative estimate of drug-likeness (QED) is 0.498. The molecular weight excluding hydrogens is 456 g/mol. The molecule has 2 N–H and O–H groups in total. The molecule has 0 saturated carbocycles. The molecule has 3 aromatic rings. The van der Waals surface area contributed by atoms with E-state index < -0.39 is 10.0 Å². The van der Waals surface area contributed by atoms with Gasteiger partial charge in [-0.2, -0.15) is 0 Å². The van der Waals surface area contributed by atoms with Crippen LogP contribution in [0.1, 0.15) is 39.6 Å². The molecule has 0 fully saturated rings. The van der Waals surface area contributed by atoms with Crippen LogP contribution in [0.3, 0.4) is 0 Å². The molecule has 34 heavy (non-hydrogen) atoms. The van der Waals surface area contributed by atoms with Gasteiger partial charge in [0.05, 0.1) is 18.1 Å². The van der Waals surface area contributed by atoms with Gasteiger partial charge in [-0.1, -0.05) is 24.3 Å². The van der Waals surface area contributed by atoms with Gasteiger partial charge >= 0.3 is 0 Å². The van der Waals surface area contributed by atoms with E-state index in [1.54, 1.807) is 42.5 Å². The van der Waals surface area contributed by atoms with Crippen LogP contribution in [0.25, 0.3) is 0 Å². The van der Waals surface area contributed by atoms with Crippen LogP contribution in [0, 0.1) is 0 Å². The van der Waals surface area contributed by atoms with Crippen LogP contribution in [0.15, 0.2) is 71.6 Å². The molecular formula is C25H24N2O6S. The standard InChI is InChI=1S/C25H24N2O6S/c1-17(28)19-7-10-22(11-8-19)34(30,31)26-16-18-3-5-20(6-4-18)25(29)27-21-9-12-23-24(15-21)33-14-2-13-32-23/h3-12,15,26H,2,13-14,16H2,1H3,(H,27,29). The summed E-state index contributed by atoms with van der Waals surface area (Å²) in [6, 6.07) is 17.6. The lowest BCUT2D eigenvalue weighted by Gasteiger charge is -2.11. The van der Waals surface area contributed by atoms with E-state index in [4.69, 9.17) is 9.47 Å². The van der Waals surface area contributed by atoms with Crippen LogP contribution >= 0.6 is 0 Å². The molecule has 8 nitrogen and oxygen atoms in total. The van der Waals surface area contributed by atoms with Crippen LogP contribution < -0.4 is 19.5 Å². The van der Waals surface area contributed by atoms with Crippen molar-refractivity contribution in [2.45, 2.75) is 24.8 Å². The molecule has 0 bridgehead atoms. The van der Waals surface area contributed by atoms with Crippen molar-refractivity contribution < 1.29 is 27.5 Å². The second-order valence-corrected chi connectivity index (χ2v) is 9.54. The van der Waals surface area contributed by atoms with Gasteiger partial charge in [-0.15, -0.1) is 0 Å². The number of carbonyl (C=O) groups is 2. The summed E-state index contributed by atoms with van der Waals surface area (Å²) >= 11 is 0. The predicted molar refractivity (Wildman–Crippen MR) is 127 cm³/mol. The normalized spacial score (nSPS) is 13.1. The average Bonchev–Trinajstić information content (AvgIpc) is 3.08. The Morgan fingerprint density at radius 2 is 1.50 bits per heavy atom. The van der Waals surface area contributed by atoms with E-state index in [1.165, 1.54) is 31.2 Å². The first-order valence-corrected chi connectivity index (χ1v) is 12.2. The first kappa shape index (κ1) is 23.5. The number of hydrogen-bond acceptors (Lipinski definition) is 6. The Balaban J connectivity index is 1.36. The maximum atomic E-state index is 12.6. The van der Waals surface area contributed by atoms with Crippen molar-refractivity contribution in [2.75, 3.05) is 18.5 Å². The Morgan fingerprint density at radius 3 is 2.18 bits per heavy atom. The number of rotatable bonds is 7. The molecule has 176 valence electrons. The van der Waals surface area contributed by atoms with E-state index >= 15 is 0 Å². The molecule has 0 unspecified atom stereocenters. The Morgan fingerprint density at radius 1 is 0.853 bits per heavy atom. The number of ether oxygens (including phenoxy) is 2. The highest BCUT2D eigenvalue weighted by atomic mass is 32.2. The zero-order valence-electron chi connectivity index (χ0n) is 18.5. The van der Waals surface area contributed by atoms with Gasteiger partial charge < -0.3 is 14.8 Å². The van der Waals surface area contributed by atoms with Crippen LogP contribution in [0.5, 0.6) is 11.5 Å². The third-order valence-electron chi connectivity index (χ3n) is 5.26. The SMILES string of the molecule is CC(=O)c1ccc(S(=O)(=O)NCc2ccc(C(=O)Nc3ccc4c(c3)OCCCO4)cc2)cc1. The Bertz CT molecular complexity index is 1300. The lowest BCUT2D eigenvalue weighted by Crippen LogP contribution is -2.23. The van der Waals surface area contributed by atoms with Crippen molar-refractivity contribution in [3.63, 3.8) is 0 Å². The smallest absolute Gasteiger partial charge is 0.255 e. The van der Waals surface area contributed by atoms with Crippen molar-refractivity contribution in [1.82, 2.24) is 4.72 Å². The highest BCUT2D eigenvalue weighted by molar-refractivity contribution is 7.89. The monoisotopic (exact) mass is 480 g/mol. The summed E-state index contributed by atoms with van der Waals surface area (Å²) in [7, 11) is -3.74. The van der Waals surface area contributed by atoms with E-state index in [0.29, 0.717) is 47.1 Å². The summed E-state index contributed by atoms with van der Waals surface area (Å²) < 4.78 is 38.8. The molecule has 1 aliphatic rings. The molecule has 4 rings (SSSR count). The van der Waals surface area contributed by atoms with Gasteiger partial charge in [0.1, 0.15) is 0 Å². The molecule has 0 aromatic heterocycles. The van der Waals surface area contributed by atoms with Crippen molar-refractivity contribution in [3.8, 4) is 11.5 Å². The molecule has 9 heteroatoms. The van der Waals surface area contributed by atoms with E-state index in [2.05, 4.69) is 10.0 Å². The second-order valence-electron chi connectivity index (χ2n) is 7.77. The Hall–Kier alpha value is -3.69. The number of nitrogens with one attached hydrogen (secondary N) is 2. The number of hydrogen-bond donors (Lipinski definition) is 2. The fourth-order valence-corrected chi connectivity index (χ4v) is 4.37. The topological polar surface area (TPSA) is 111 Å². The Kier molecular flexibility index (Phi) is 6.95. The third kappa shape index (κ3) is 5.62. The highest BCUT2D eigenvalue weighted by Gasteiger charge is 2.15. The lowest BCUT2D eigenvalue weighted by atomic mass is 10.1. The average molecular weight is 481 g/mol. The van der Waals surface area contributed by atoms with Crippen LogP contribution in [-0.4, -0.2) is 33.3 Å². The van der Waals surface area contributed by atoms with Crippen molar-refractivity contribution in [1.29, 1.82) is 0 Å². The molecule has 1 heterocycles. The van der Waals surface area contributed by atoms with Gasteiger partial charge in [-0.25, -0.2) is 13.1 Å². The summed E-state index contributed by atoms with van der Waals surface area (Å²) in [4.78, 5) is 24.1. The van der Waals surface area contributed by atoms with Gasteiger partial charge in [0.2, 0.25) is 10.0 Å². The summed E-state index contributed by atoms with van der Waals surface area (Å²) in [5.74, 6) is 0.809. The van der Waals surface area contributed by atoms with Crippen LogP contribution in [0.2, 0.25) is 0 Å². The fraction of sp³-hybridized carbons (Fsp3) is 0.200. The Labute approximate surface area is 198 Å². The van der Waals surface area contributed by atoms with E-state index in [-0.39, 0.29) is 23.1 Å². The molecule has 1 amide bonds. The van der Waals surface area contributed by atoms with Gasteiger partial charge in [0.15, 0.2) is 17.3 Å². The molecule has 0 atom stereocenters. The molecule has 0 aliphatic carbocycles. The minimum Gasteiger partial charge on any atom is -0.490 e. The van der Waals surface area contributed by atoms with Gasteiger partial charge in [-0.3, -0.25) is 9.59 Å².